The summed E-state index contributed by atoms with van der Waals surface area (Å²) in [6.07, 6.45) is -3.61. The second-order valence-corrected chi connectivity index (χ2v) is 4.21. The van der Waals surface area contributed by atoms with Gasteiger partial charge in [0.05, 0.1) is 0 Å². The molecule has 0 aromatic heterocycles. The zero-order valence-electron chi connectivity index (χ0n) is 9.37. The van der Waals surface area contributed by atoms with Gasteiger partial charge in [0.2, 0.25) is 0 Å². The minimum Gasteiger partial charge on any atom is -0.359 e. The van der Waals surface area contributed by atoms with Crippen LogP contribution < -0.4 is 10.6 Å². The topological polar surface area (TPSA) is 29.3 Å². The van der Waals surface area contributed by atoms with Crippen molar-refractivity contribution in [3.8, 4) is 0 Å². The van der Waals surface area contributed by atoms with Crippen LogP contribution in [0.1, 0.15) is 12.0 Å². The van der Waals surface area contributed by atoms with E-state index in [9.17, 15) is 13.2 Å². The molecular weight excluding hydrogens is 229 g/mol. The van der Waals surface area contributed by atoms with Gasteiger partial charge in [0.15, 0.2) is 0 Å². The summed E-state index contributed by atoms with van der Waals surface area (Å²) in [6.45, 7) is 0.465. The highest BCUT2D eigenvalue weighted by molar-refractivity contribution is 5.58. The van der Waals surface area contributed by atoms with Crippen LogP contribution in [0, 0.1) is 0 Å². The molecule has 0 saturated carbocycles. The third-order valence-corrected chi connectivity index (χ3v) is 3.12. The Hall–Kier alpha value is -1.23. The number of para-hydroxylation sites is 1. The van der Waals surface area contributed by atoms with Gasteiger partial charge in [0.1, 0.15) is 6.04 Å². The molecule has 0 fully saturated rings. The van der Waals surface area contributed by atoms with E-state index in [-0.39, 0.29) is 13.0 Å². The van der Waals surface area contributed by atoms with Crippen LogP contribution in [-0.2, 0) is 6.42 Å². The van der Waals surface area contributed by atoms with Gasteiger partial charge in [-0.05, 0) is 31.0 Å². The second-order valence-electron chi connectivity index (χ2n) is 4.21. The molecule has 0 radical (unpaired) electrons. The molecule has 2 nitrogen and oxygen atoms in total. The van der Waals surface area contributed by atoms with Crippen molar-refractivity contribution in [1.82, 2.24) is 0 Å². The molecule has 0 amide bonds. The fourth-order valence-corrected chi connectivity index (χ4v) is 2.34. The summed E-state index contributed by atoms with van der Waals surface area (Å²) < 4.78 is 38.9. The van der Waals surface area contributed by atoms with Crippen molar-refractivity contribution in [2.45, 2.75) is 25.1 Å². The van der Waals surface area contributed by atoms with Gasteiger partial charge in [-0.15, -0.1) is 0 Å². The molecule has 94 valence electrons. The van der Waals surface area contributed by atoms with E-state index in [0.717, 1.165) is 5.56 Å². The first-order chi connectivity index (χ1) is 8.04. The lowest BCUT2D eigenvalue weighted by molar-refractivity contribution is -0.149. The Morgan fingerprint density at radius 2 is 2.00 bits per heavy atom. The van der Waals surface area contributed by atoms with E-state index in [1.807, 2.05) is 12.1 Å². The molecular formula is C12H15F3N2. The van der Waals surface area contributed by atoms with Crippen molar-refractivity contribution in [2.24, 2.45) is 5.73 Å². The first kappa shape index (κ1) is 12.2. The molecule has 2 N–H and O–H groups in total. The number of hydrogen-bond acceptors (Lipinski definition) is 2. The molecule has 5 heteroatoms. The van der Waals surface area contributed by atoms with Crippen LogP contribution in [0.25, 0.3) is 0 Å². The van der Waals surface area contributed by atoms with E-state index in [4.69, 9.17) is 5.73 Å². The van der Waals surface area contributed by atoms with Crippen molar-refractivity contribution in [2.75, 3.05) is 18.0 Å². The molecule has 2 rings (SSSR count). The summed E-state index contributed by atoms with van der Waals surface area (Å²) in [5.41, 5.74) is 6.97. The third kappa shape index (κ3) is 2.39. The van der Waals surface area contributed by atoms with E-state index < -0.39 is 12.2 Å². The Morgan fingerprint density at radius 1 is 1.29 bits per heavy atom. The van der Waals surface area contributed by atoms with Crippen molar-refractivity contribution in [1.29, 1.82) is 0 Å². The maximum Gasteiger partial charge on any atom is 0.408 e. The fraction of sp³-hybridized carbons (Fsp3) is 0.500. The minimum absolute atomic E-state index is 0.0445. The predicted molar refractivity (Wildman–Crippen MR) is 61.0 cm³/mol. The number of alkyl halides is 3. The number of fused-ring (bicyclic) bond motifs is 1. The summed E-state index contributed by atoms with van der Waals surface area (Å²) >= 11 is 0. The van der Waals surface area contributed by atoms with Gasteiger partial charge in [-0.2, -0.15) is 13.2 Å². The molecule has 1 atom stereocenters. The van der Waals surface area contributed by atoms with Gasteiger partial charge in [-0.25, -0.2) is 0 Å². The highest BCUT2D eigenvalue weighted by Crippen LogP contribution is 2.36. The number of halogens is 3. The highest BCUT2D eigenvalue weighted by atomic mass is 19.4. The lowest BCUT2D eigenvalue weighted by atomic mass is 10.1. The van der Waals surface area contributed by atoms with Crippen molar-refractivity contribution in [3.05, 3.63) is 29.8 Å². The Morgan fingerprint density at radius 3 is 2.65 bits per heavy atom. The molecule has 0 bridgehead atoms. The normalized spacial score (nSPS) is 17.1. The maximum absolute atomic E-state index is 13.0. The van der Waals surface area contributed by atoms with Crippen LogP contribution >= 0.6 is 0 Å². The number of benzene rings is 1. The fourth-order valence-electron chi connectivity index (χ4n) is 2.34. The maximum atomic E-state index is 13.0. The number of nitrogens with two attached hydrogens (primary N) is 1. The number of hydrogen-bond donors (Lipinski definition) is 1. The number of rotatable bonds is 3. The Bertz CT molecular complexity index is 390. The van der Waals surface area contributed by atoms with Gasteiger partial charge < -0.3 is 10.6 Å². The molecule has 1 heterocycles. The van der Waals surface area contributed by atoms with E-state index in [1.165, 1.54) is 4.90 Å². The second kappa shape index (κ2) is 4.56. The van der Waals surface area contributed by atoms with Crippen LogP contribution in [-0.4, -0.2) is 25.3 Å². The standard InChI is InChI=1S/C12H15F3N2/c13-12(14,15)11(5-7-16)17-8-6-9-3-1-2-4-10(9)17/h1-4,11H,5-8,16H2. The van der Waals surface area contributed by atoms with Crippen LogP contribution in [0.3, 0.4) is 0 Å². The van der Waals surface area contributed by atoms with E-state index in [2.05, 4.69) is 0 Å². The van der Waals surface area contributed by atoms with Gasteiger partial charge >= 0.3 is 6.18 Å². The Labute approximate surface area is 98.2 Å². The molecule has 1 aliphatic rings. The largest absolute Gasteiger partial charge is 0.408 e. The SMILES string of the molecule is NCCC(N1CCc2ccccc21)C(F)(F)F. The van der Waals surface area contributed by atoms with Crippen molar-refractivity contribution in [3.63, 3.8) is 0 Å². The first-order valence-corrected chi connectivity index (χ1v) is 5.65. The van der Waals surface area contributed by atoms with Gasteiger partial charge in [0.25, 0.3) is 0 Å². The summed E-state index contributed by atoms with van der Waals surface area (Å²) in [5.74, 6) is 0. The average Bonchev–Trinajstić information content (AvgIpc) is 2.68. The quantitative estimate of drug-likeness (QED) is 0.884. The summed E-state index contributed by atoms with van der Waals surface area (Å²) in [5, 5.41) is 0. The molecule has 1 aromatic carbocycles. The highest BCUT2D eigenvalue weighted by Gasteiger charge is 2.44. The zero-order chi connectivity index (χ0) is 12.5. The molecule has 17 heavy (non-hydrogen) atoms. The summed E-state index contributed by atoms with van der Waals surface area (Å²) in [6, 6.07) is 5.79. The van der Waals surface area contributed by atoms with Crippen LogP contribution in [0.2, 0.25) is 0 Å². The van der Waals surface area contributed by atoms with Gasteiger partial charge in [0, 0.05) is 12.2 Å². The lowest BCUT2D eigenvalue weighted by Gasteiger charge is -2.31. The third-order valence-electron chi connectivity index (χ3n) is 3.12. The molecule has 0 aliphatic carbocycles. The smallest absolute Gasteiger partial charge is 0.359 e. The lowest BCUT2D eigenvalue weighted by Crippen LogP contribution is -2.46. The van der Waals surface area contributed by atoms with Crippen molar-refractivity contribution >= 4 is 5.69 Å². The zero-order valence-corrected chi connectivity index (χ0v) is 9.37. The van der Waals surface area contributed by atoms with E-state index in [0.29, 0.717) is 18.7 Å². The average molecular weight is 244 g/mol. The predicted octanol–water partition coefficient (Wildman–Crippen LogP) is 2.33. The van der Waals surface area contributed by atoms with Crippen molar-refractivity contribution < 1.29 is 13.2 Å². The molecule has 0 saturated heterocycles. The number of anilines is 1. The van der Waals surface area contributed by atoms with Gasteiger partial charge in [-0.1, -0.05) is 18.2 Å². The Balaban J connectivity index is 2.28. The monoisotopic (exact) mass is 244 g/mol. The van der Waals surface area contributed by atoms with Crippen LogP contribution in [0.4, 0.5) is 18.9 Å². The molecule has 1 aliphatic heterocycles. The minimum atomic E-state index is -4.23. The summed E-state index contributed by atoms with van der Waals surface area (Å²) in [7, 11) is 0. The van der Waals surface area contributed by atoms with Crippen LogP contribution in [0.5, 0.6) is 0 Å². The Kier molecular flexibility index (Phi) is 3.28. The van der Waals surface area contributed by atoms with Gasteiger partial charge in [-0.3, -0.25) is 0 Å². The van der Waals surface area contributed by atoms with Crippen LogP contribution in [0.15, 0.2) is 24.3 Å². The molecule has 1 aromatic rings. The van der Waals surface area contributed by atoms with E-state index >= 15 is 0 Å². The number of nitrogens with zero attached hydrogens (tertiary/aromatic N) is 1. The molecule has 1 unspecified atom stereocenters. The van der Waals surface area contributed by atoms with E-state index in [1.54, 1.807) is 12.1 Å². The summed E-state index contributed by atoms with van der Waals surface area (Å²) in [4.78, 5) is 1.43. The first-order valence-electron chi connectivity index (χ1n) is 5.65. The molecule has 0 spiro atoms.